The Morgan fingerprint density at radius 3 is 2.35 bits per heavy atom. The summed E-state index contributed by atoms with van der Waals surface area (Å²) in [4.78, 5) is 28.9. The first-order valence-corrected chi connectivity index (χ1v) is 10.1. The van der Waals surface area contributed by atoms with Crippen molar-refractivity contribution in [2.24, 2.45) is 5.92 Å². The Bertz CT molecular complexity index is 582. The van der Waals surface area contributed by atoms with Crippen molar-refractivity contribution < 1.29 is 9.59 Å². The maximum Gasteiger partial charge on any atom is 0.321 e. The predicted octanol–water partition coefficient (Wildman–Crippen LogP) is 4.11. The van der Waals surface area contributed by atoms with Gasteiger partial charge in [0.05, 0.1) is 0 Å². The third-order valence-corrected chi connectivity index (χ3v) is 5.56. The van der Waals surface area contributed by atoms with Gasteiger partial charge in [-0.25, -0.2) is 4.79 Å². The molecule has 3 amide bonds. The first-order chi connectivity index (χ1) is 12.7. The quantitative estimate of drug-likeness (QED) is 0.881. The molecule has 1 aromatic carbocycles. The number of carbonyl (C=O) groups is 2. The fourth-order valence-corrected chi connectivity index (χ4v) is 4.01. The molecule has 1 aromatic rings. The molecular weight excluding hydrogens is 326 g/mol. The number of amides is 3. The molecule has 1 N–H and O–H groups in total. The lowest BCUT2D eigenvalue weighted by atomic mass is 9.93. The summed E-state index contributed by atoms with van der Waals surface area (Å²) in [6.07, 6.45) is 8.43. The van der Waals surface area contributed by atoms with Crippen LogP contribution in [0, 0.1) is 5.92 Å². The number of hydrogen-bond donors (Lipinski definition) is 1. The van der Waals surface area contributed by atoms with Crippen LogP contribution in [0.4, 0.5) is 10.5 Å². The van der Waals surface area contributed by atoms with Crippen molar-refractivity contribution in [2.75, 3.05) is 31.5 Å². The first-order valence-electron chi connectivity index (χ1n) is 10.1. The third kappa shape index (κ3) is 5.48. The van der Waals surface area contributed by atoms with E-state index < -0.39 is 0 Å². The molecule has 0 aromatic heterocycles. The van der Waals surface area contributed by atoms with Crippen molar-refractivity contribution in [3.63, 3.8) is 0 Å². The first kappa shape index (κ1) is 18.7. The summed E-state index contributed by atoms with van der Waals surface area (Å²) in [7, 11) is 0. The summed E-state index contributed by atoms with van der Waals surface area (Å²) in [6.45, 7) is 3.41. The summed E-state index contributed by atoms with van der Waals surface area (Å²) in [6, 6.07) is 9.55. The number of anilines is 1. The zero-order valence-corrected chi connectivity index (χ0v) is 15.7. The molecular formula is C21H31N3O2. The van der Waals surface area contributed by atoms with Gasteiger partial charge in [-0.3, -0.25) is 4.79 Å². The average Bonchev–Trinajstić information content (AvgIpc) is 2.97. The number of hydrogen-bond acceptors (Lipinski definition) is 2. The zero-order chi connectivity index (χ0) is 18.2. The number of nitrogens with one attached hydrogen (secondary N) is 1. The van der Waals surface area contributed by atoms with Gasteiger partial charge >= 0.3 is 6.03 Å². The van der Waals surface area contributed by atoms with Crippen LogP contribution in [0.5, 0.6) is 0 Å². The predicted molar refractivity (Wildman–Crippen MR) is 104 cm³/mol. The standard InChI is InChI=1S/C21H31N3O2/c25-20(23-14-6-1-2-7-15-23)13-12-18-9-8-16-24(17-18)21(26)22-19-10-4-3-5-11-19/h3-5,10-11,18H,1-2,6-9,12-17H2,(H,22,26)/t18-/m1/s1. The van der Waals surface area contributed by atoms with Crippen molar-refractivity contribution in [3.05, 3.63) is 30.3 Å². The number of likely N-dealkylation sites (tertiary alicyclic amines) is 2. The molecule has 2 heterocycles. The van der Waals surface area contributed by atoms with Gasteiger partial charge in [-0.2, -0.15) is 0 Å². The maximum absolute atomic E-state index is 12.5. The van der Waals surface area contributed by atoms with E-state index in [1.807, 2.05) is 35.2 Å². The monoisotopic (exact) mass is 357 g/mol. The molecule has 26 heavy (non-hydrogen) atoms. The molecule has 2 aliphatic rings. The molecule has 0 aliphatic carbocycles. The lowest BCUT2D eigenvalue weighted by molar-refractivity contribution is -0.131. The normalized spacial score (nSPS) is 21.2. The zero-order valence-electron chi connectivity index (χ0n) is 15.7. The van der Waals surface area contributed by atoms with E-state index in [1.54, 1.807) is 0 Å². The summed E-state index contributed by atoms with van der Waals surface area (Å²) < 4.78 is 0. The SMILES string of the molecule is O=C(CC[C@H]1CCCN(C(=O)Nc2ccccc2)C1)N1CCCCCC1. The third-order valence-electron chi connectivity index (χ3n) is 5.56. The second-order valence-electron chi connectivity index (χ2n) is 7.58. The average molecular weight is 357 g/mol. The molecule has 1 atom stereocenters. The van der Waals surface area contributed by atoms with Crippen LogP contribution in [-0.4, -0.2) is 47.9 Å². The minimum atomic E-state index is -0.0280. The second-order valence-corrected chi connectivity index (χ2v) is 7.58. The van der Waals surface area contributed by atoms with Gasteiger partial charge in [0.25, 0.3) is 0 Å². The number of piperidine rings is 1. The van der Waals surface area contributed by atoms with Crippen molar-refractivity contribution in [2.45, 2.75) is 51.4 Å². The Kier molecular flexibility index (Phi) is 6.92. The molecule has 5 nitrogen and oxygen atoms in total. The van der Waals surface area contributed by atoms with Gasteiger partial charge < -0.3 is 15.1 Å². The van der Waals surface area contributed by atoms with Gasteiger partial charge in [-0.05, 0) is 50.2 Å². The van der Waals surface area contributed by atoms with Crippen LogP contribution in [0.1, 0.15) is 51.4 Å². The van der Waals surface area contributed by atoms with Crippen molar-refractivity contribution >= 4 is 17.6 Å². The van der Waals surface area contributed by atoms with E-state index >= 15 is 0 Å². The molecule has 2 saturated heterocycles. The smallest absolute Gasteiger partial charge is 0.321 e. The van der Waals surface area contributed by atoms with E-state index in [1.165, 1.54) is 12.8 Å². The van der Waals surface area contributed by atoms with E-state index in [0.29, 0.717) is 18.2 Å². The lowest BCUT2D eigenvalue weighted by Crippen LogP contribution is -2.42. The van der Waals surface area contributed by atoms with Crippen molar-refractivity contribution in [1.82, 2.24) is 9.80 Å². The van der Waals surface area contributed by atoms with Crippen LogP contribution in [0.2, 0.25) is 0 Å². The van der Waals surface area contributed by atoms with E-state index in [4.69, 9.17) is 0 Å². The lowest BCUT2D eigenvalue weighted by Gasteiger charge is -2.33. The Morgan fingerprint density at radius 2 is 1.62 bits per heavy atom. The number of rotatable bonds is 4. The summed E-state index contributed by atoms with van der Waals surface area (Å²) >= 11 is 0. The maximum atomic E-state index is 12.5. The highest BCUT2D eigenvalue weighted by molar-refractivity contribution is 5.89. The highest BCUT2D eigenvalue weighted by Crippen LogP contribution is 2.23. The van der Waals surface area contributed by atoms with E-state index in [9.17, 15) is 9.59 Å². The summed E-state index contributed by atoms with van der Waals surface area (Å²) in [5, 5.41) is 2.97. The molecule has 0 bridgehead atoms. The van der Waals surface area contributed by atoms with Gasteiger partial charge in [-0.1, -0.05) is 31.0 Å². The van der Waals surface area contributed by atoms with Gasteiger partial charge in [0.2, 0.25) is 5.91 Å². The van der Waals surface area contributed by atoms with Crippen LogP contribution in [0.3, 0.4) is 0 Å². The van der Waals surface area contributed by atoms with Crippen LogP contribution < -0.4 is 5.32 Å². The number of urea groups is 1. The Balaban J connectivity index is 1.44. The number of para-hydroxylation sites is 1. The molecule has 5 heteroatoms. The summed E-state index contributed by atoms with van der Waals surface area (Å²) in [5.41, 5.74) is 0.830. The van der Waals surface area contributed by atoms with Crippen LogP contribution >= 0.6 is 0 Å². The molecule has 0 unspecified atom stereocenters. The molecule has 142 valence electrons. The second kappa shape index (κ2) is 9.60. The molecule has 0 radical (unpaired) electrons. The Hall–Kier alpha value is -2.04. The largest absolute Gasteiger partial charge is 0.343 e. The number of carbonyl (C=O) groups excluding carboxylic acids is 2. The fourth-order valence-electron chi connectivity index (χ4n) is 4.01. The van der Waals surface area contributed by atoms with Crippen LogP contribution in [0.25, 0.3) is 0 Å². The summed E-state index contributed by atoms with van der Waals surface area (Å²) in [5.74, 6) is 0.735. The topological polar surface area (TPSA) is 52.7 Å². The van der Waals surface area contributed by atoms with Gasteiger partial charge in [-0.15, -0.1) is 0 Å². The van der Waals surface area contributed by atoms with Gasteiger partial charge in [0.15, 0.2) is 0 Å². The number of nitrogens with zero attached hydrogens (tertiary/aromatic N) is 2. The minimum Gasteiger partial charge on any atom is -0.343 e. The van der Waals surface area contributed by atoms with E-state index in [0.717, 1.165) is 64.0 Å². The molecule has 0 saturated carbocycles. The minimum absolute atomic E-state index is 0.0280. The molecule has 2 fully saturated rings. The van der Waals surface area contributed by atoms with Crippen molar-refractivity contribution in [3.8, 4) is 0 Å². The Labute approximate surface area is 156 Å². The molecule has 0 spiro atoms. The molecule has 3 rings (SSSR count). The van der Waals surface area contributed by atoms with Gasteiger partial charge in [0.1, 0.15) is 0 Å². The van der Waals surface area contributed by atoms with E-state index in [2.05, 4.69) is 10.2 Å². The number of benzene rings is 1. The van der Waals surface area contributed by atoms with Crippen molar-refractivity contribution in [1.29, 1.82) is 0 Å². The Morgan fingerprint density at radius 1 is 0.923 bits per heavy atom. The fraction of sp³-hybridized carbons (Fsp3) is 0.619. The highest BCUT2D eigenvalue weighted by Gasteiger charge is 2.25. The van der Waals surface area contributed by atoms with Crippen LogP contribution in [0.15, 0.2) is 30.3 Å². The van der Waals surface area contributed by atoms with Gasteiger partial charge in [0, 0.05) is 38.3 Å². The van der Waals surface area contributed by atoms with E-state index in [-0.39, 0.29) is 6.03 Å². The molecule has 2 aliphatic heterocycles. The highest BCUT2D eigenvalue weighted by atomic mass is 16.2. The van der Waals surface area contributed by atoms with Crippen LogP contribution in [-0.2, 0) is 4.79 Å².